The quantitative estimate of drug-likeness (QED) is 0.273. The molecule has 0 aliphatic carbocycles. The third kappa shape index (κ3) is 5.75. The molecule has 0 aliphatic rings. The number of benzene rings is 2. The molecule has 0 atom stereocenters. The molecule has 0 N–H and O–H groups in total. The molecular weight excluding hydrogens is 535 g/mol. The maximum Gasteiger partial charge on any atom is 0.431 e. The fourth-order valence-electron chi connectivity index (χ4n) is 4.16. The maximum atomic E-state index is 13.3. The lowest BCUT2D eigenvalue weighted by atomic mass is 10.0. The van der Waals surface area contributed by atoms with Crippen molar-refractivity contribution < 1.29 is 27.4 Å². The number of hydrogen-bond acceptors (Lipinski definition) is 7. The molecule has 0 spiro atoms. The van der Waals surface area contributed by atoms with Crippen LogP contribution in [0.4, 0.5) is 13.2 Å². The van der Waals surface area contributed by atoms with Gasteiger partial charge in [0.25, 0.3) is 5.56 Å². The Morgan fingerprint density at radius 2 is 1.79 bits per heavy atom. The Kier molecular flexibility index (Phi) is 7.96. The second-order valence-electron chi connectivity index (χ2n) is 8.95. The van der Waals surface area contributed by atoms with E-state index >= 15 is 0 Å². The Hall–Kier alpha value is -3.93. The molecule has 2 aromatic carbocycles. The summed E-state index contributed by atoms with van der Waals surface area (Å²) >= 11 is 1.19. The first-order valence-electron chi connectivity index (χ1n) is 12.2. The first-order chi connectivity index (χ1) is 18.4. The van der Waals surface area contributed by atoms with Crippen LogP contribution in [0.25, 0.3) is 27.0 Å². The van der Waals surface area contributed by atoms with Crippen molar-refractivity contribution in [2.24, 2.45) is 7.05 Å². The number of carbonyl (C=O) groups excluding carboxylic acids is 1. The highest BCUT2D eigenvalue weighted by Crippen LogP contribution is 2.35. The van der Waals surface area contributed by atoms with E-state index in [1.54, 1.807) is 24.3 Å². The van der Waals surface area contributed by atoms with Crippen LogP contribution in [0.2, 0.25) is 0 Å². The number of aryl methyl sites for hydroxylation is 1. The summed E-state index contributed by atoms with van der Waals surface area (Å²) in [5, 5.41) is 0.597. The van der Waals surface area contributed by atoms with Crippen LogP contribution in [-0.2, 0) is 22.8 Å². The molecule has 0 unspecified atom stereocenters. The van der Waals surface area contributed by atoms with E-state index in [-0.39, 0.29) is 18.4 Å². The fraction of sp³-hybridized carbons (Fsp3) is 0.333. The average molecular weight is 562 g/mol. The van der Waals surface area contributed by atoms with Crippen LogP contribution in [0.3, 0.4) is 0 Å². The first-order valence-corrected chi connectivity index (χ1v) is 12.9. The highest BCUT2D eigenvalue weighted by Gasteiger charge is 2.35. The summed E-state index contributed by atoms with van der Waals surface area (Å²) in [4.78, 5) is 37.5. The third-order valence-corrected chi connectivity index (χ3v) is 7.18. The van der Waals surface area contributed by atoms with Crippen molar-refractivity contribution >= 4 is 27.6 Å². The van der Waals surface area contributed by atoms with Crippen molar-refractivity contribution in [1.29, 1.82) is 0 Å². The van der Waals surface area contributed by atoms with Crippen LogP contribution in [0, 0.1) is 6.92 Å². The van der Waals surface area contributed by atoms with Gasteiger partial charge >= 0.3 is 17.8 Å². The molecule has 4 rings (SSSR count). The van der Waals surface area contributed by atoms with Crippen LogP contribution in [0.1, 0.15) is 37.9 Å². The molecule has 0 bridgehead atoms. The number of alkyl halides is 3. The molecule has 0 saturated carbocycles. The van der Waals surface area contributed by atoms with Crippen molar-refractivity contribution in [3.05, 3.63) is 74.6 Å². The molecule has 2 aromatic heterocycles. The van der Waals surface area contributed by atoms with Gasteiger partial charge in [0.2, 0.25) is 0 Å². The third-order valence-electron chi connectivity index (χ3n) is 6.35. The lowest BCUT2D eigenvalue weighted by Gasteiger charge is -2.15. The van der Waals surface area contributed by atoms with Crippen LogP contribution < -0.4 is 16.0 Å². The van der Waals surface area contributed by atoms with E-state index in [2.05, 4.69) is 4.37 Å². The predicted molar refractivity (Wildman–Crippen MR) is 142 cm³/mol. The predicted octanol–water partition coefficient (Wildman–Crippen LogP) is 5.25. The van der Waals surface area contributed by atoms with Gasteiger partial charge in [0, 0.05) is 24.1 Å². The van der Waals surface area contributed by atoms with Gasteiger partial charge in [-0.3, -0.25) is 9.36 Å². The zero-order valence-corrected chi connectivity index (χ0v) is 22.5. The SMILES string of the molecule is CCC(CC)OC(=O)COc1ccc(C)c(-c2nsc3ccc(-n4c(=O)cc(C(F)(F)F)n(C)c4=O)cc23)c1. The highest BCUT2D eigenvalue weighted by molar-refractivity contribution is 7.13. The van der Waals surface area contributed by atoms with E-state index in [4.69, 9.17) is 9.47 Å². The van der Waals surface area contributed by atoms with Gasteiger partial charge in [-0.05, 0) is 67.2 Å². The summed E-state index contributed by atoms with van der Waals surface area (Å²) in [5.74, 6) is -0.0552. The fourth-order valence-corrected chi connectivity index (χ4v) is 4.93. The van der Waals surface area contributed by atoms with Crippen LogP contribution >= 0.6 is 11.5 Å². The Morgan fingerprint density at radius 1 is 1.08 bits per heavy atom. The van der Waals surface area contributed by atoms with E-state index in [1.807, 2.05) is 26.8 Å². The van der Waals surface area contributed by atoms with Crippen molar-refractivity contribution in [3.8, 4) is 22.7 Å². The van der Waals surface area contributed by atoms with E-state index in [0.29, 0.717) is 50.4 Å². The first kappa shape index (κ1) is 28.1. The average Bonchev–Trinajstić information content (AvgIpc) is 3.31. The van der Waals surface area contributed by atoms with Gasteiger partial charge < -0.3 is 9.47 Å². The van der Waals surface area contributed by atoms with Crippen LogP contribution in [0.5, 0.6) is 5.75 Å². The van der Waals surface area contributed by atoms with E-state index in [0.717, 1.165) is 17.3 Å². The number of hydrogen-bond donors (Lipinski definition) is 0. The molecule has 206 valence electrons. The van der Waals surface area contributed by atoms with Crippen molar-refractivity contribution in [1.82, 2.24) is 13.5 Å². The molecule has 0 aliphatic heterocycles. The number of aromatic nitrogens is 3. The van der Waals surface area contributed by atoms with Crippen molar-refractivity contribution in [3.63, 3.8) is 0 Å². The van der Waals surface area contributed by atoms with Gasteiger partial charge in [-0.15, -0.1) is 0 Å². The monoisotopic (exact) mass is 561 g/mol. The van der Waals surface area contributed by atoms with Gasteiger partial charge in [-0.2, -0.15) is 17.5 Å². The summed E-state index contributed by atoms with van der Waals surface area (Å²) in [5.41, 5.74) is -1.36. The van der Waals surface area contributed by atoms with Gasteiger partial charge in [0.05, 0.1) is 16.1 Å². The van der Waals surface area contributed by atoms with Crippen LogP contribution in [0.15, 0.2) is 52.1 Å². The Labute approximate surface area is 225 Å². The second-order valence-corrected chi connectivity index (χ2v) is 9.75. The number of esters is 1. The minimum atomic E-state index is -4.85. The zero-order valence-electron chi connectivity index (χ0n) is 21.7. The number of ether oxygens (including phenoxy) is 2. The molecular formula is C27H26F3N3O5S. The van der Waals surface area contributed by atoms with Gasteiger partial charge in [0.1, 0.15) is 17.5 Å². The molecule has 4 aromatic rings. The second kappa shape index (κ2) is 11.0. The number of halogens is 3. The number of rotatable bonds is 8. The van der Waals surface area contributed by atoms with Crippen molar-refractivity contribution in [2.75, 3.05) is 6.61 Å². The number of nitrogens with zero attached hydrogens (tertiary/aromatic N) is 3. The molecule has 0 saturated heterocycles. The number of fused-ring (bicyclic) bond motifs is 1. The molecule has 0 radical (unpaired) electrons. The normalized spacial score (nSPS) is 11.8. The zero-order chi connectivity index (χ0) is 28.5. The standard InChI is InChI=1S/C27H26F3N3O5S/c1-5-17(6-2)38-24(35)14-37-18-9-7-15(3)19(12-18)25-20-11-16(8-10-21(20)39-31-25)33-23(34)13-22(27(28,29)30)32(4)26(33)36/h7-13,17H,5-6,14H2,1-4H3. The molecule has 0 amide bonds. The summed E-state index contributed by atoms with van der Waals surface area (Å²) in [6, 6.07) is 10.3. The number of carbonyl (C=O) groups is 1. The summed E-state index contributed by atoms with van der Waals surface area (Å²) in [7, 11) is 0.965. The molecule has 0 fully saturated rings. The largest absolute Gasteiger partial charge is 0.482 e. The smallest absolute Gasteiger partial charge is 0.431 e. The Balaban J connectivity index is 1.71. The Morgan fingerprint density at radius 3 is 2.46 bits per heavy atom. The maximum absolute atomic E-state index is 13.3. The molecule has 8 nitrogen and oxygen atoms in total. The summed E-state index contributed by atoms with van der Waals surface area (Å²) in [6.45, 7) is 5.47. The topological polar surface area (TPSA) is 92.4 Å². The lowest BCUT2D eigenvalue weighted by Crippen LogP contribution is -2.40. The summed E-state index contributed by atoms with van der Waals surface area (Å²) < 4.78 is 57.2. The van der Waals surface area contributed by atoms with Crippen molar-refractivity contribution in [2.45, 2.75) is 45.9 Å². The highest BCUT2D eigenvalue weighted by atomic mass is 32.1. The summed E-state index contributed by atoms with van der Waals surface area (Å²) in [6.07, 6.45) is -3.60. The van der Waals surface area contributed by atoms with Gasteiger partial charge in [0.15, 0.2) is 6.61 Å². The van der Waals surface area contributed by atoms with Gasteiger partial charge in [-0.1, -0.05) is 19.9 Å². The molecule has 39 heavy (non-hydrogen) atoms. The minimum Gasteiger partial charge on any atom is -0.482 e. The minimum absolute atomic E-state index is 0.109. The Bertz CT molecular complexity index is 1650. The van der Waals surface area contributed by atoms with E-state index in [9.17, 15) is 27.6 Å². The van der Waals surface area contributed by atoms with E-state index < -0.39 is 29.1 Å². The molecule has 2 heterocycles. The van der Waals surface area contributed by atoms with Crippen LogP contribution in [-0.4, -0.2) is 32.2 Å². The van der Waals surface area contributed by atoms with E-state index in [1.165, 1.54) is 17.6 Å². The van der Waals surface area contributed by atoms with Gasteiger partial charge in [-0.25, -0.2) is 14.2 Å². The lowest BCUT2D eigenvalue weighted by molar-refractivity contribution is -0.151. The molecule has 12 heteroatoms.